The van der Waals surface area contributed by atoms with E-state index in [1.807, 2.05) is 0 Å². The van der Waals surface area contributed by atoms with Crippen molar-refractivity contribution in [3.05, 3.63) is 45.7 Å². The van der Waals surface area contributed by atoms with Crippen LogP contribution >= 0.6 is 11.3 Å². The van der Waals surface area contributed by atoms with E-state index in [1.54, 1.807) is 11.3 Å². The summed E-state index contributed by atoms with van der Waals surface area (Å²) in [4.78, 5) is 6.04. The van der Waals surface area contributed by atoms with Crippen molar-refractivity contribution in [2.24, 2.45) is 4.99 Å². The fourth-order valence-corrected chi connectivity index (χ4v) is 3.83. The van der Waals surface area contributed by atoms with Crippen molar-refractivity contribution in [3.8, 4) is 0 Å². The van der Waals surface area contributed by atoms with Crippen LogP contribution in [0.5, 0.6) is 0 Å². The minimum atomic E-state index is 0.661. The molecule has 0 spiro atoms. The number of para-hydroxylation sites is 1. The molecule has 1 fully saturated rings. The Kier molecular flexibility index (Phi) is 3.56. The molecular weight excluding hydrogens is 252 g/mol. The summed E-state index contributed by atoms with van der Waals surface area (Å²) in [7, 11) is 0. The molecule has 0 bridgehead atoms. The quantitative estimate of drug-likeness (QED) is 0.765. The predicted molar refractivity (Wildman–Crippen MR) is 81.0 cm³/mol. The van der Waals surface area contributed by atoms with E-state index in [0.29, 0.717) is 6.04 Å². The average Bonchev–Trinajstić information content (AvgIpc) is 3.02. The molecule has 0 aliphatic heterocycles. The number of hydrogen-bond acceptors (Lipinski definition) is 2. The highest BCUT2D eigenvalue weighted by atomic mass is 32.1. The van der Waals surface area contributed by atoms with E-state index in [1.165, 1.54) is 36.9 Å². The van der Waals surface area contributed by atoms with Crippen molar-refractivity contribution in [2.75, 3.05) is 0 Å². The Balaban J connectivity index is 2.08. The predicted octanol–water partition coefficient (Wildman–Crippen LogP) is 4.51. The van der Waals surface area contributed by atoms with Crippen LogP contribution in [0.3, 0.4) is 0 Å². The molecule has 1 aromatic heterocycles. The van der Waals surface area contributed by atoms with Crippen LogP contribution < -0.4 is 4.80 Å². The monoisotopic (exact) mass is 272 g/mol. The molecule has 1 aliphatic rings. The maximum atomic E-state index is 4.89. The molecule has 1 aromatic carbocycles. The van der Waals surface area contributed by atoms with E-state index in [4.69, 9.17) is 4.99 Å². The second kappa shape index (κ2) is 5.33. The summed E-state index contributed by atoms with van der Waals surface area (Å²) in [6.07, 6.45) is 5.32. The molecule has 3 heteroatoms. The van der Waals surface area contributed by atoms with Gasteiger partial charge in [0.05, 0.1) is 5.69 Å². The van der Waals surface area contributed by atoms with E-state index < -0.39 is 0 Å². The van der Waals surface area contributed by atoms with Gasteiger partial charge < -0.3 is 4.57 Å². The van der Waals surface area contributed by atoms with Crippen LogP contribution in [0.1, 0.15) is 43.0 Å². The van der Waals surface area contributed by atoms with Gasteiger partial charge in [0.25, 0.3) is 0 Å². The lowest BCUT2D eigenvalue weighted by Crippen LogP contribution is -2.20. The van der Waals surface area contributed by atoms with Gasteiger partial charge in [0.1, 0.15) is 0 Å². The molecule has 2 aromatic rings. The first-order chi connectivity index (χ1) is 9.25. The topological polar surface area (TPSA) is 17.3 Å². The Morgan fingerprint density at radius 2 is 1.89 bits per heavy atom. The molecule has 0 atom stereocenters. The summed E-state index contributed by atoms with van der Waals surface area (Å²) < 4.78 is 2.45. The van der Waals surface area contributed by atoms with Crippen LogP contribution in [-0.2, 0) is 0 Å². The molecule has 0 radical (unpaired) electrons. The highest BCUT2D eigenvalue weighted by molar-refractivity contribution is 7.07. The highest BCUT2D eigenvalue weighted by Gasteiger charge is 2.19. The van der Waals surface area contributed by atoms with Gasteiger partial charge in [-0.25, -0.2) is 4.99 Å². The van der Waals surface area contributed by atoms with E-state index in [2.05, 4.69) is 48.1 Å². The Hall–Kier alpha value is -1.35. The maximum Gasteiger partial charge on any atom is 0.190 e. The Morgan fingerprint density at radius 3 is 2.63 bits per heavy atom. The maximum absolute atomic E-state index is 4.89. The third-order valence-corrected chi connectivity index (χ3v) is 4.90. The molecule has 100 valence electrons. The number of thiazole rings is 1. The van der Waals surface area contributed by atoms with Crippen LogP contribution in [0.2, 0.25) is 0 Å². The number of benzene rings is 1. The first-order valence-electron chi connectivity index (χ1n) is 7.02. The molecule has 0 unspecified atom stereocenters. The fourth-order valence-electron chi connectivity index (χ4n) is 2.88. The van der Waals surface area contributed by atoms with Gasteiger partial charge in [0.2, 0.25) is 0 Å². The smallest absolute Gasteiger partial charge is 0.190 e. The van der Waals surface area contributed by atoms with Crippen molar-refractivity contribution < 1.29 is 0 Å². The van der Waals surface area contributed by atoms with Crippen molar-refractivity contribution in [1.82, 2.24) is 4.57 Å². The van der Waals surface area contributed by atoms with Gasteiger partial charge >= 0.3 is 0 Å². The molecule has 2 nitrogen and oxygen atoms in total. The SMILES string of the molecule is Cc1ccccc1N=c1scc(C)n1C1CCCC1. The standard InChI is InChI=1S/C16H20N2S/c1-12-7-3-6-10-15(12)17-16-18(13(2)11-19-16)14-8-4-5-9-14/h3,6-7,10-11,14H,4-5,8-9H2,1-2H3. The van der Waals surface area contributed by atoms with Gasteiger partial charge in [-0.15, -0.1) is 11.3 Å². The summed E-state index contributed by atoms with van der Waals surface area (Å²) >= 11 is 1.76. The molecule has 0 amide bonds. The Bertz CT molecular complexity index is 630. The summed E-state index contributed by atoms with van der Waals surface area (Å²) in [6.45, 7) is 4.32. The van der Waals surface area contributed by atoms with E-state index in [-0.39, 0.29) is 0 Å². The van der Waals surface area contributed by atoms with Crippen LogP contribution in [0.15, 0.2) is 34.6 Å². The van der Waals surface area contributed by atoms with Gasteiger partial charge in [-0.1, -0.05) is 31.0 Å². The fraction of sp³-hybridized carbons (Fsp3) is 0.438. The zero-order valence-electron chi connectivity index (χ0n) is 11.6. The summed E-state index contributed by atoms with van der Waals surface area (Å²) in [5.74, 6) is 0. The third-order valence-electron chi connectivity index (χ3n) is 3.94. The number of aryl methyl sites for hydroxylation is 2. The zero-order valence-corrected chi connectivity index (χ0v) is 12.4. The highest BCUT2D eigenvalue weighted by Crippen LogP contribution is 2.30. The van der Waals surface area contributed by atoms with Gasteiger partial charge in [0, 0.05) is 17.1 Å². The van der Waals surface area contributed by atoms with Crippen LogP contribution in [0, 0.1) is 13.8 Å². The van der Waals surface area contributed by atoms with Crippen molar-refractivity contribution in [1.29, 1.82) is 0 Å². The third kappa shape index (κ3) is 2.52. The Labute approximate surface area is 118 Å². The summed E-state index contributed by atoms with van der Waals surface area (Å²) in [6, 6.07) is 9.02. The van der Waals surface area contributed by atoms with Gasteiger partial charge in [0.15, 0.2) is 4.80 Å². The van der Waals surface area contributed by atoms with Crippen molar-refractivity contribution in [3.63, 3.8) is 0 Å². The number of aromatic nitrogens is 1. The number of rotatable bonds is 2. The van der Waals surface area contributed by atoms with Gasteiger partial charge in [-0.05, 0) is 38.3 Å². The first-order valence-corrected chi connectivity index (χ1v) is 7.90. The average molecular weight is 272 g/mol. The second-order valence-electron chi connectivity index (χ2n) is 5.37. The minimum absolute atomic E-state index is 0.661. The van der Waals surface area contributed by atoms with Crippen LogP contribution in [0.4, 0.5) is 5.69 Å². The van der Waals surface area contributed by atoms with Gasteiger partial charge in [-0.2, -0.15) is 0 Å². The first kappa shape index (κ1) is 12.7. The number of nitrogens with zero attached hydrogens (tertiary/aromatic N) is 2. The van der Waals surface area contributed by atoms with E-state index in [9.17, 15) is 0 Å². The zero-order chi connectivity index (χ0) is 13.2. The molecule has 19 heavy (non-hydrogen) atoms. The molecule has 0 N–H and O–H groups in total. The summed E-state index contributed by atoms with van der Waals surface area (Å²) in [5, 5.41) is 2.23. The second-order valence-corrected chi connectivity index (χ2v) is 6.20. The molecule has 1 heterocycles. The minimum Gasteiger partial charge on any atom is -0.318 e. The lowest BCUT2D eigenvalue weighted by molar-refractivity contribution is 0.496. The molecule has 1 aliphatic carbocycles. The molecule has 0 saturated heterocycles. The van der Waals surface area contributed by atoms with Crippen molar-refractivity contribution in [2.45, 2.75) is 45.6 Å². The lowest BCUT2D eigenvalue weighted by Gasteiger charge is -2.13. The molecular formula is C16H20N2S. The molecule has 3 rings (SSSR count). The van der Waals surface area contributed by atoms with E-state index in [0.717, 1.165) is 10.5 Å². The van der Waals surface area contributed by atoms with Crippen molar-refractivity contribution >= 4 is 17.0 Å². The van der Waals surface area contributed by atoms with Crippen LogP contribution in [0.25, 0.3) is 0 Å². The summed E-state index contributed by atoms with van der Waals surface area (Å²) in [5.41, 5.74) is 3.69. The largest absolute Gasteiger partial charge is 0.318 e. The van der Waals surface area contributed by atoms with Crippen LogP contribution in [-0.4, -0.2) is 4.57 Å². The lowest BCUT2D eigenvalue weighted by atomic mass is 10.2. The Morgan fingerprint density at radius 1 is 1.16 bits per heavy atom. The van der Waals surface area contributed by atoms with Gasteiger partial charge in [-0.3, -0.25) is 0 Å². The van der Waals surface area contributed by atoms with E-state index >= 15 is 0 Å². The molecule has 1 saturated carbocycles. The number of hydrogen-bond donors (Lipinski definition) is 0. The normalized spacial score (nSPS) is 17.3.